The molecule has 0 unspecified atom stereocenters. The van der Waals surface area contributed by atoms with Crippen LogP contribution in [0.3, 0.4) is 0 Å². The molecule has 0 N–H and O–H groups in total. The van der Waals surface area contributed by atoms with E-state index in [-0.39, 0.29) is 6.10 Å². The largest absolute Gasteiger partial charge is 0.490 e. The molecule has 0 aliphatic heterocycles. The number of rotatable bonds is 3. The lowest BCUT2D eigenvalue weighted by molar-refractivity contribution is 0.244. The van der Waals surface area contributed by atoms with Crippen LogP contribution in [0.2, 0.25) is 0 Å². The maximum absolute atomic E-state index is 5.99. The Balaban J connectivity index is 2.73. The van der Waals surface area contributed by atoms with Gasteiger partial charge in [-0.2, -0.15) is 0 Å². The Bertz CT molecular complexity index is 553. The number of hydrogen-bond donors (Lipinski definition) is 0. The van der Waals surface area contributed by atoms with Crippen LogP contribution in [0.5, 0.6) is 5.75 Å². The van der Waals surface area contributed by atoms with Crippen LogP contribution in [0.4, 0.5) is 0 Å². The topological polar surface area (TPSA) is 9.23 Å². The van der Waals surface area contributed by atoms with Crippen molar-refractivity contribution in [3.8, 4) is 5.75 Å². The van der Waals surface area contributed by atoms with Gasteiger partial charge in [0.05, 0.1) is 6.10 Å². The van der Waals surface area contributed by atoms with E-state index in [0.29, 0.717) is 5.92 Å². The van der Waals surface area contributed by atoms with Crippen LogP contribution < -0.4 is 4.74 Å². The van der Waals surface area contributed by atoms with E-state index in [0.717, 1.165) is 5.75 Å². The van der Waals surface area contributed by atoms with Gasteiger partial charge >= 0.3 is 0 Å². The minimum atomic E-state index is 0.206. The fraction of sp³-hybridized carbons (Fsp3) is 0.412. The van der Waals surface area contributed by atoms with Gasteiger partial charge in [-0.25, -0.2) is 0 Å². The maximum atomic E-state index is 5.99. The summed E-state index contributed by atoms with van der Waals surface area (Å²) in [5.74, 6) is 1.56. The van der Waals surface area contributed by atoms with Crippen molar-refractivity contribution in [1.82, 2.24) is 0 Å². The van der Waals surface area contributed by atoms with Crippen LogP contribution in [-0.2, 0) is 0 Å². The van der Waals surface area contributed by atoms with Crippen molar-refractivity contribution in [3.05, 3.63) is 41.5 Å². The Kier molecular flexibility index (Phi) is 3.60. The zero-order valence-corrected chi connectivity index (χ0v) is 11.9. The zero-order valence-electron chi connectivity index (χ0n) is 11.9. The standard InChI is InChI=1S/C17H22O/c1-11(2)16-10-13(5)17(18-12(3)4)15-9-7-6-8-14(15)16/h6-12H,1-5H3. The minimum Gasteiger partial charge on any atom is -0.490 e. The summed E-state index contributed by atoms with van der Waals surface area (Å²) in [6, 6.07) is 10.8. The molecule has 0 fully saturated rings. The third-order valence-corrected chi connectivity index (χ3v) is 3.19. The molecular weight excluding hydrogens is 220 g/mol. The Hall–Kier alpha value is -1.50. The molecule has 0 aliphatic carbocycles. The van der Waals surface area contributed by atoms with Crippen LogP contribution in [0.15, 0.2) is 30.3 Å². The molecule has 0 saturated carbocycles. The Morgan fingerprint density at radius 1 is 0.944 bits per heavy atom. The predicted molar refractivity (Wildman–Crippen MR) is 78.5 cm³/mol. The monoisotopic (exact) mass is 242 g/mol. The summed E-state index contributed by atoms with van der Waals surface area (Å²) in [4.78, 5) is 0. The van der Waals surface area contributed by atoms with Crippen molar-refractivity contribution in [2.75, 3.05) is 0 Å². The summed E-state index contributed by atoms with van der Waals surface area (Å²) in [5.41, 5.74) is 2.63. The molecule has 0 saturated heterocycles. The van der Waals surface area contributed by atoms with Gasteiger partial charge in [0.25, 0.3) is 0 Å². The molecule has 0 heterocycles. The highest BCUT2D eigenvalue weighted by atomic mass is 16.5. The van der Waals surface area contributed by atoms with Crippen LogP contribution in [0, 0.1) is 6.92 Å². The molecule has 0 spiro atoms. The van der Waals surface area contributed by atoms with Crippen molar-refractivity contribution in [2.24, 2.45) is 0 Å². The highest BCUT2D eigenvalue weighted by molar-refractivity contribution is 5.92. The van der Waals surface area contributed by atoms with Crippen molar-refractivity contribution >= 4 is 10.8 Å². The molecule has 2 aromatic carbocycles. The fourth-order valence-electron chi connectivity index (χ4n) is 2.39. The molecule has 96 valence electrons. The zero-order chi connectivity index (χ0) is 13.3. The van der Waals surface area contributed by atoms with Crippen molar-refractivity contribution in [1.29, 1.82) is 0 Å². The Morgan fingerprint density at radius 2 is 1.56 bits per heavy atom. The lowest BCUT2D eigenvalue weighted by Crippen LogP contribution is -2.08. The smallest absolute Gasteiger partial charge is 0.130 e. The Morgan fingerprint density at radius 3 is 2.11 bits per heavy atom. The third kappa shape index (κ3) is 2.35. The van der Waals surface area contributed by atoms with E-state index in [1.54, 1.807) is 0 Å². The summed E-state index contributed by atoms with van der Waals surface area (Å²) in [7, 11) is 0. The second-order valence-electron chi connectivity index (χ2n) is 5.48. The second-order valence-corrected chi connectivity index (χ2v) is 5.48. The highest BCUT2D eigenvalue weighted by Crippen LogP contribution is 2.35. The summed E-state index contributed by atoms with van der Waals surface area (Å²) >= 11 is 0. The Labute approximate surface area is 110 Å². The first-order chi connectivity index (χ1) is 8.50. The lowest BCUT2D eigenvalue weighted by atomic mass is 9.93. The average molecular weight is 242 g/mol. The van der Waals surface area contributed by atoms with Crippen molar-refractivity contribution < 1.29 is 4.74 Å². The molecule has 0 atom stereocenters. The van der Waals surface area contributed by atoms with Gasteiger partial charge in [-0.05, 0) is 43.2 Å². The third-order valence-electron chi connectivity index (χ3n) is 3.19. The number of aryl methyl sites for hydroxylation is 1. The first kappa shape index (κ1) is 12.9. The molecule has 1 heteroatoms. The molecule has 1 nitrogen and oxygen atoms in total. The molecule has 18 heavy (non-hydrogen) atoms. The van der Waals surface area contributed by atoms with E-state index >= 15 is 0 Å². The summed E-state index contributed by atoms with van der Waals surface area (Å²) in [6.45, 7) is 10.8. The number of benzene rings is 2. The van der Waals surface area contributed by atoms with Gasteiger partial charge in [0.2, 0.25) is 0 Å². The number of hydrogen-bond acceptors (Lipinski definition) is 1. The van der Waals surface area contributed by atoms with Gasteiger partial charge in [0.1, 0.15) is 5.75 Å². The fourth-order valence-corrected chi connectivity index (χ4v) is 2.39. The summed E-state index contributed by atoms with van der Waals surface area (Å²) < 4.78 is 5.99. The van der Waals surface area contributed by atoms with Gasteiger partial charge in [0.15, 0.2) is 0 Å². The van der Waals surface area contributed by atoms with Crippen LogP contribution in [-0.4, -0.2) is 6.10 Å². The predicted octanol–water partition coefficient (Wildman–Crippen LogP) is 5.06. The lowest BCUT2D eigenvalue weighted by Gasteiger charge is -2.19. The molecular formula is C17H22O. The van der Waals surface area contributed by atoms with Crippen LogP contribution in [0.1, 0.15) is 44.7 Å². The molecule has 0 aliphatic rings. The van der Waals surface area contributed by atoms with Crippen LogP contribution >= 0.6 is 0 Å². The van der Waals surface area contributed by atoms with Gasteiger partial charge in [-0.15, -0.1) is 0 Å². The average Bonchev–Trinajstić information content (AvgIpc) is 2.31. The van der Waals surface area contributed by atoms with Gasteiger partial charge < -0.3 is 4.74 Å². The first-order valence-electron chi connectivity index (χ1n) is 6.69. The van der Waals surface area contributed by atoms with Crippen molar-refractivity contribution in [2.45, 2.75) is 46.6 Å². The SMILES string of the molecule is Cc1cc(C(C)C)c2ccccc2c1OC(C)C. The van der Waals surface area contributed by atoms with Gasteiger partial charge in [0, 0.05) is 5.39 Å². The quantitative estimate of drug-likeness (QED) is 0.731. The summed E-state index contributed by atoms with van der Waals surface area (Å²) in [5, 5.41) is 2.55. The number of fused-ring (bicyclic) bond motifs is 1. The molecule has 0 amide bonds. The minimum absolute atomic E-state index is 0.206. The van der Waals surface area contributed by atoms with Crippen molar-refractivity contribution in [3.63, 3.8) is 0 Å². The van der Waals surface area contributed by atoms with E-state index in [1.165, 1.54) is 21.9 Å². The van der Waals surface area contributed by atoms with E-state index in [9.17, 15) is 0 Å². The maximum Gasteiger partial charge on any atom is 0.130 e. The van der Waals surface area contributed by atoms with Crippen LogP contribution in [0.25, 0.3) is 10.8 Å². The normalized spacial score (nSPS) is 11.5. The highest BCUT2D eigenvalue weighted by Gasteiger charge is 2.13. The van der Waals surface area contributed by atoms with E-state index in [1.807, 2.05) is 0 Å². The van der Waals surface area contributed by atoms with E-state index < -0.39 is 0 Å². The first-order valence-corrected chi connectivity index (χ1v) is 6.69. The molecule has 0 radical (unpaired) electrons. The summed E-state index contributed by atoms with van der Waals surface area (Å²) in [6.07, 6.45) is 0.206. The molecule has 2 aromatic rings. The number of ether oxygens (including phenoxy) is 1. The molecule has 0 aromatic heterocycles. The molecule has 2 rings (SSSR count). The van der Waals surface area contributed by atoms with Gasteiger partial charge in [-0.1, -0.05) is 44.2 Å². The van der Waals surface area contributed by atoms with Gasteiger partial charge in [-0.3, -0.25) is 0 Å². The van der Waals surface area contributed by atoms with E-state index in [2.05, 4.69) is 65.0 Å². The van der Waals surface area contributed by atoms with E-state index in [4.69, 9.17) is 4.74 Å². The molecule has 0 bridgehead atoms. The second kappa shape index (κ2) is 5.01.